The molecule has 0 aromatic heterocycles. The van der Waals surface area contributed by atoms with Crippen molar-refractivity contribution < 1.29 is 24.5 Å². The third-order valence-corrected chi connectivity index (χ3v) is 16.7. The molecule has 5 fully saturated rings. The van der Waals surface area contributed by atoms with Crippen LogP contribution in [0.1, 0.15) is 157 Å². The first-order chi connectivity index (χ1) is 27.5. The third-order valence-electron chi connectivity index (χ3n) is 16.0. The molecular weight excluding hydrogens is 791 g/mol. The summed E-state index contributed by atoms with van der Waals surface area (Å²) < 4.78 is 4.95. The van der Waals surface area contributed by atoms with Gasteiger partial charge >= 0.3 is 5.97 Å². The molecule has 2 aromatic carbocycles. The molecule has 336 valence electrons. The first kappa shape index (κ1) is 48.9. The van der Waals surface area contributed by atoms with Crippen molar-refractivity contribution in [1.29, 1.82) is 0 Å². The number of hydrogen-bond acceptors (Lipinski definition) is 6. The number of esters is 1. The number of benzene rings is 2. The van der Waals surface area contributed by atoms with E-state index in [-0.39, 0.29) is 64.6 Å². The monoisotopic (exact) mass is 869 g/mol. The second-order valence-electron chi connectivity index (χ2n) is 23.7. The predicted molar refractivity (Wildman–Crippen MR) is 246 cm³/mol. The van der Waals surface area contributed by atoms with Crippen LogP contribution >= 0.6 is 23.2 Å². The number of nitrogens with two attached hydrogens (primary N) is 1. The fourth-order valence-electron chi connectivity index (χ4n) is 11.8. The molecule has 1 amide bonds. The molecule has 5 aliphatic carbocycles. The largest absolute Gasteiger partial charge is 0.469 e. The van der Waals surface area contributed by atoms with Crippen molar-refractivity contribution in [3.8, 4) is 0 Å². The molecule has 6 unspecified atom stereocenters. The molecule has 5 N–H and O–H groups in total. The smallest absolute Gasteiger partial charge is 0.312 e. The number of aliphatic hydroxyl groups excluding tert-OH is 2. The van der Waals surface area contributed by atoms with Crippen LogP contribution in [0.4, 0.5) is 0 Å². The van der Waals surface area contributed by atoms with Gasteiger partial charge in [-0.15, -0.1) is 0 Å². The first-order valence-electron chi connectivity index (χ1n) is 22.5. The topological polar surface area (TPSA) is 122 Å². The van der Waals surface area contributed by atoms with E-state index in [2.05, 4.69) is 119 Å². The van der Waals surface area contributed by atoms with Crippen molar-refractivity contribution >= 4 is 35.1 Å². The molecule has 9 heteroatoms. The summed E-state index contributed by atoms with van der Waals surface area (Å²) in [6.45, 7) is 26.9. The van der Waals surface area contributed by atoms with Crippen molar-refractivity contribution in [2.45, 2.75) is 164 Å². The van der Waals surface area contributed by atoms with Crippen molar-refractivity contribution in [2.75, 3.05) is 20.3 Å². The Hall–Kier alpha value is -2.16. The molecule has 0 aliphatic heterocycles. The molecule has 0 radical (unpaired) electrons. The van der Waals surface area contributed by atoms with Gasteiger partial charge in [0.25, 0.3) is 0 Å². The zero-order chi connectivity index (χ0) is 45.1. The number of carbonyl (C=O) groups excluding carboxylic acids is 2. The van der Waals surface area contributed by atoms with E-state index in [0.29, 0.717) is 37.0 Å². The van der Waals surface area contributed by atoms with Crippen LogP contribution in [0.5, 0.6) is 0 Å². The average Bonchev–Trinajstić information content (AvgIpc) is 3.42. The van der Waals surface area contributed by atoms with Gasteiger partial charge in [-0.05, 0) is 132 Å². The number of rotatable bonds is 12. The number of aryl methyl sites for hydroxylation is 2. The first-order valence-corrected chi connectivity index (χ1v) is 23.3. The van der Waals surface area contributed by atoms with Gasteiger partial charge in [-0.2, -0.15) is 0 Å². The fourth-order valence-corrected chi connectivity index (χ4v) is 12.4. The highest BCUT2D eigenvalue weighted by molar-refractivity contribution is 6.31. The summed E-state index contributed by atoms with van der Waals surface area (Å²) in [5, 5.41) is 25.3. The lowest BCUT2D eigenvalue weighted by atomic mass is 9.39. The van der Waals surface area contributed by atoms with Crippen LogP contribution in [0.3, 0.4) is 0 Å². The highest BCUT2D eigenvalue weighted by Crippen LogP contribution is 2.68. The quantitative estimate of drug-likeness (QED) is 0.158. The van der Waals surface area contributed by atoms with Gasteiger partial charge in [0.05, 0.1) is 12.5 Å². The molecule has 7 nitrogen and oxygen atoms in total. The van der Waals surface area contributed by atoms with Crippen molar-refractivity contribution in [1.82, 2.24) is 5.32 Å². The number of ether oxygens (including phenoxy) is 1. The van der Waals surface area contributed by atoms with Gasteiger partial charge in [0.2, 0.25) is 5.91 Å². The van der Waals surface area contributed by atoms with Crippen molar-refractivity contribution in [2.24, 2.45) is 56.5 Å². The second kappa shape index (κ2) is 17.1. The van der Waals surface area contributed by atoms with Crippen molar-refractivity contribution in [3.63, 3.8) is 0 Å². The lowest BCUT2D eigenvalue weighted by molar-refractivity contribution is -0.203. The lowest BCUT2D eigenvalue weighted by Crippen LogP contribution is -2.77. The molecule has 5 saturated carbocycles. The molecule has 0 heterocycles. The molecule has 2 bridgehead atoms. The molecule has 6 atom stereocenters. The van der Waals surface area contributed by atoms with Gasteiger partial charge < -0.3 is 26.0 Å². The maximum absolute atomic E-state index is 13.6. The minimum Gasteiger partial charge on any atom is -0.469 e. The van der Waals surface area contributed by atoms with E-state index in [1.165, 1.54) is 12.7 Å². The fraction of sp³-hybridized carbons (Fsp3) is 0.725. The number of methoxy groups -OCH3 is 1. The Labute approximate surface area is 372 Å². The summed E-state index contributed by atoms with van der Waals surface area (Å²) in [4.78, 5) is 25.6. The van der Waals surface area contributed by atoms with Gasteiger partial charge in [0, 0.05) is 52.1 Å². The Balaban J connectivity index is 0.000000247. The summed E-state index contributed by atoms with van der Waals surface area (Å²) in [6.07, 6.45) is 7.97. The zero-order valence-electron chi connectivity index (χ0n) is 39.2. The van der Waals surface area contributed by atoms with E-state index in [1.807, 2.05) is 6.07 Å². The summed E-state index contributed by atoms with van der Waals surface area (Å²) in [5.41, 5.74) is 10.2. The van der Waals surface area contributed by atoms with E-state index < -0.39 is 16.4 Å². The molecular formula is C51H78Cl2N2O5. The Morgan fingerprint density at radius 1 is 0.750 bits per heavy atom. The predicted octanol–water partition coefficient (Wildman–Crippen LogP) is 11.0. The minimum absolute atomic E-state index is 0.00977. The van der Waals surface area contributed by atoms with Gasteiger partial charge in [0.15, 0.2) is 0 Å². The van der Waals surface area contributed by atoms with E-state index in [9.17, 15) is 19.8 Å². The van der Waals surface area contributed by atoms with Gasteiger partial charge in [-0.1, -0.05) is 131 Å². The van der Waals surface area contributed by atoms with Crippen LogP contribution in [0.2, 0.25) is 10.0 Å². The van der Waals surface area contributed by atoms with E-state index in [4.69, 9.17) is 33.7 Å². The maximum atomic E-state index is 13.6. The maximum Gasteiger partial charge on any atom is 0.312 e. The summed E-state index contributed by atoms with van der Waals surface area (Å²) in [5.74, 6) is 0.444. The third kappa shape index (κ3) is 9.66. The Morgan fingerprint density at radius 2 is 1.20 bits per heavy atom. The Kier molecular flexibility index (Phi) is 13.9. The highest BCUT2D eigenvalue weighted by Gasteiger charge is 2.73. The summed E-state index contributed by atoms with van der Waals surface area (Å²) in [6, 6.07) is 12.6. The molecule has 60 heavy (non-hydrogen) atoms. The van der Waals surface area contributed by atoms with E-state index >= 15 is 0 Å². The van der Waals surface area contributed by atoms with Crippen LogP contribution in [-0.2, 0) is 38.1 Å². The van der Waals surface area contributed by atoms with Crippen LogP contribution in [0.15, 0.2) is 36.4 Å². The number of carbonyl (C=O) groups is 2. The standard InChI is InChI=1S/C30H44ClNO4.C21H34ClNO/c1-19-22(14-33)30(15-27(19,5)6,21-9-8-20(23(31)12-21)10-11-26(2,3)4)13-24(34)32-29-16-28(17-29,18-29)25(35)36-7;1-14-17(12-24)21(23,13-20(14,5)6)16-8-7-15(18(22)11-16)9-10-19(2,3)4/h8-9,12,19,22,33H,10-11,13-18H2,1-7H3,(H,32,34);7-8,11,14,17,24H,9-10,12-13,23H2,1-6H3. The number of halogens is 2. The Bertz CT molecular complexity index is 1870. The van der Waals surface area contributed by atoms with Crippen LogP contribution in [0.25, 0.3) is 0 Å². The van der Waals surface area contributed by atoms with Gasteiger partial charge in [-0.3, -0.25) is 9.59 Å². The second-order valence-corrected chi connectivity index (χ2v) is 24.5. The number of amides is 1. The normalized spacial score (nSPS) is 32.6. The SMILES string of the molecule is CC1C(CO)C(N)(c2ccc(CCC(C)(C)C)c(Cl)c2)CC1(C)C.COC(=O)C12CC(NC(=O)CC3(c4ccc(CCC(C)(C)C)c(Cl)c4)CC(C)(C)C(C)C3CO)(C1)C2. The Morgan fingerprint density at radius 3 is 1.65 bits per heavy atom. The molecule has 0 spiro atoms. The van der Waals surface area contributed by atoms with Gasteiger partial charge in [0.1, 0.15) is 0 Å². The minimum atomic E-state index is -0.510. The van der Waals surface area contributed by atoms with Crippen LogP contribution in [-0.4, -0.2) is 48.0 Å². The zero-order valence-corrected chi connectivity index (χ0v) is 40.7. The summed E-state index contributed by atoms with van der Waals surface area (Å²) in [7, 11) is 1.43. The molecule has 7 rings (SSSR count). The summed E-state index contributed by atoms with van der Waals surface area (Å²) >= 11 is 13.4. The number of nitrogens with one attached hydrogen (secondary N) is 1. The highest BCUT2D eigenvalue weighted by atomic mass is 35.5. The molecule has 0 saturated heterocycles. The van der Waals surface area contributed by atoms with E-state index in [1.54, 1.807) is 0 Å². The number of hydrogen-bond donors (Lipinski definition) is 4. The van der Waals surface area contributed by atoms with Crippen LogP contribution < -0.4 is 11.1 Å². The van der Waals surface area contributed by atoms with Crippen molar-refractivity contribution in [3.05, 3.63) is 68.7 Å². The average molecular weight is 870 g/mol. The van der Waals surface area contributed by atoms with E-state index in [0.717, 1.165) is 65.3 Å². The number of aliphatic hydroxyl groups is 2. The molecule has 2 aromatic rings. The van der Waals surface area contributed by atoms with Gasteiger partial charge in [-0.25, -0.2) is 0 Å². The molecule has 5 aliphatic rings. The van der Waals surface area contributed by atoms with Crippen LogP contribution in [0, 0.1) is 50.7 Å². The lowest BCUT2D eigenvalue weighted by Gasteiger charge is -2.68.